The molecule has 0 aliphatic carbocycles. The second kappa shape index (κ2) is 4.85. The monoisotopic (exact) mass is 272 g/mol. The van der Waals surface area contributed by atoms with E-state index in [-0.39, 0.29) is 15.8 Å². The van der Waals surface area contributed by atoms with Crippen molar-refractivity contribution in [2.75, 3.05) is 7.11 Å². The lowest BCUT2D eigenvalue weighted by atomic mass is 10.1. The molecule has 0 saturated carbocycles. The van der Waals surface area contributed by atoms with Gasteiger partial charge < -0.3 is 4.74 Å². The maximum atomic E-state index is 13.6. The molecule has 0 amide bonds. The van der Waals surface area contributed by atoms with Crippen molar-refractivity contribution in [1.82, 2.24) is 9.97 Å². The Kier molecular flexibility index (Phi) is 3.45. The molecule has 3 nitrogen and oxygen atoms in total. The smallest absolute Gasteiger partial charge is 0.185 e. The Labute approximate surface area is 107 Å². The van der Waals surface area contributed by atoms with Crippen LogP contribution in [0.5, 0.6) is 5.75 Å². The van der Waals surface area contributed by atoms with Gasteiger partial charge in [0.15, 0.2) is 11.6 Å². The third-order valence-electron chi connectivity index (χ3n) is 2.18. The molecular formula is C11H7Cl2FN2O. The first-order valence-corrected chi connectivity index (χ1v) is 5.38. The predicted molar refractivity (Wildman–Crippen MR) is 64.0 cm³/mol. The number of hydrogen-bond acceptors (Lipinski definition) is 3. The van der Waals surface area contributed by atoms with Gasteiger partial charge in [-0.2, -0.15) is 0 Å². The Bertz CT molecular complexity index is 549. The van der Waals surface area contributed by atoms with E-state index in [9.17, 15) is 4.39 Å². The highest BCUT2D eigenvalue weighted by Crippen LogP contribution is 2.39. The van der Waals surface area contributed by atoms with Crippen LogP contribution in [0.4, 0.5) is 4.39 Å². The second-order valence-electron chi connectivity index (χ2n) is 3.16. The summed E-state index contributed by atoms with van der Waals surface area (Å²) in [6.07, 6.45) is 2.93. The van der Waals surface area contributed by atoms with E-state index in [2.05, 4.69) is 9.97 Å². The number of rotatable bonds is 2. The van der Waals surface area contributed by atoms with Crippen molar-refractivity contribution in [3.05, 3.63) is 40.5 Å². The Morgan fingerprint density at radius 2 is 2.12 bits per heavy atom. The van der Waals surface area contributed by atoms with Gasteiger partial charge in [0.2, 0.25) is 0 Å². The molecule has 0 spiro atoms. The molecule has 0 saturated heterocycles. The number of halogens is 3. The summed E-state index contributed by atoms with van der Waals surface area (Å²) in [5, 5.41) is 0.0629. The number of ether oxygens (including phenoxy) is 1. The molecule has 0 aliphatic heterocycles. The number of methoxy groups -OCH3 is 1. The van der Waals surface area contributed by atoms with Crippen molar-refractivity contribution in [2.45, 2.75) is 0 Å². The Balaban J connectivity index is 2.68. The van der Waals surface area contributed by atoms with Crippen molar-refractivity contribution in [1.29, 1.82) is 0 Å². The van der Waals surface area contributed by atoms with E-state index in [0.29, 0.717) is 11.3 Å². The van der Waals surface area contributed by atoms with Gasteiger partial charge in [0.25, 0.3) is 0 Å². The minimum Gasteiger partial charge on any atom is -0.492 e. The van der Waals surface area contributed by atoms with Gasteiger partial charge in [-0.3, -0.25) is 0 Å². The zero-order valence-corrected chi connectivity index (χ0v) is 10.3. The Morgan fingerprint density at radius 3 is 2.71 bits per heavy atom. The molecule has 1 aromatic carbocycles. The molecule has 0 bridgehead atoms. The predicted octanol–water partition coefficient (Wildman–Crippen LogP) is 3.60. The molecule has 0 aliphatic rings. The molecule has 0 N–H and O–H groups in total. The SMILES string of the molecule is COc1c(F)c(Cl)cc(-c2ccncn2)c1Cl. The molecule has 0 fully saturated rings. The van der Waals surface area contributed by atoms with Crippen LogP contribution in [-0.2, 0) is 0 Å². The fourth-order valence-electron chi connectivity index (χ4n) is 1.40. The largest absolute Gasteiger partial charge is 0.492 e. The van der Waals surface area contributed by atoms with Crippen LogP contribution in [0.25, 0.3) is 11.3 Å². The molecule has 0 unspecified atom stereocenters. The molecule has 88 valence electrons. The summed E-state index contributed by atoms with van der Waals surface area (Å²) in [7, 11) is 1.32. The van der Waals surface area contributed by atoms with Crippen LogP contribution in [0, 0.1) is 5.82 Å². The molecule has 2 aromatic rings. The minimum atomic E-state index is -0.683. The van der Waals surface area contributed by atoms with Gasteiger partial charge in [-0.05, 0) is 12.1 Å². The van der Waals surface area contributed by atoms with E-state index in [1.54, 1.807) is 12.3 Å². The lowest BCUT2D eigenvalue weighted by molar-refractivity contribution is 0.387. The topological polar surface area (TPSA) is 35.0 Å². The molecular weight excluding hydrogens is 266 g/mol. The van der Waals surface area contributed by atoms with Crippen LogP contribution in [0.1, 0.15) is 0 Å². The van der Waals surface area contributed by atoms with E-state index in [1.165, 1.54) is 19.5 Å². The maximum Gasteiger partial charge on any atom is 0.185 e. The van der Waals surface area contributed by atoms with Crippen molar-refractivity contribution in [3.8, 4) is 17.0 Å². The van der Waals surface area contributed by atoms with Crippen molar-refractivity contribution < 1.29 is 9.13 Å². The van der Waals surface area contributed by atoms with Crippen LogP contribution in [0.3, 0.4) is 0 Å². The normalized spacial score (nSPS) is 10.4. The van der Waals surface area contributed by atoms with Gasteiger partial charge in [-0.1, -0.05) is 23.2 Å². The second-order valence-corrected chi connectivity index (χ2v) is 3.95. The first-order valence-electron chi connectivity index (χ1n) is 4.63. The fraction of sp³-hybridized carbons (Fsp3) is 0.0909. The van der Waals surface area contributed by atoms with Gasteiger partial charge in [0, 0.05) is 11.8 Å². The Hall–Kier alpha value is -1.39. The van der Waals surface area contributed by atoms with E-state index in [1.807, 2.05) is 0 Å². The molecule has 17 heavy (non-hydrogen) atoms. The highest BCUT2D eigenvalue weighted by Gasteiger charge is 2.18. The lowest BCUT2D eigenvalue weighted by Gasteiger charge is -2.10. The van der Waals surface area contributed by atoms with Crippen LogP contribution in [0.2, 0.25) is 10.0 Å². The summed E-state index contributed by atoms with van der Waals surface area (Å²) in [5.74, 6) is -0.773. The summed E-state index contributed by atoms with van der Waals surface area (Å²) in [6, 6.07) is 3.05. The minimum absolute atomic E-state index is 0.0696. The number of nitrogens with zero attached hydrogens (tertiary/aromatic N) is 2. The van der Waals surface area contributed by atoms with Gasteiger partial charge in [-0.15, -0.1) is 0 Å². The van der Waals surface area contributed by atoms with E-state index >= 15 is 0 Å². The van der Waals surface area contributed by atoms with Gasteiger partial charge in [0.05, 0.1) is 22.8 Å². The third-order valence-corrected chi connectivity index (χ3v) is 2.83. The van der Waals surface area contributed by atoms with Crippen LogP contribution in [0.15, 0.2) is 24.7 Å². The number of benzene rings is 1. The van der Waals surface area contributed by atoms with Crippen LogP contribution < -0.4 is 4.74 Å². The summed E-state index contributed by atoms with van der Waals surface area (Å²) in [4.78, 5) is 7.81. The third kappa shape index (κ3) is 2.18. The van der Waals surface area contributed by atoms with E-state index in [0.717, 1.165) is 0 Å². The molecule has 2 rings (SSSR count). The van der Waals surface area contributed by atoms with Crippen molar-refractivity contribution in [3.63, 3.8) is 0 Å². The van der Waals surface area contributed by atoms with E-state index in [4.69, 9.17) is 27.9 Å². The number of hydrogen-bond donors (Lipinski definition) is 0. The van der Waals surface area contributed by atoms with Crippen molar-refractivity contribution >= 4 is 23.2 Å². The molecule has 0 atom stereocenters. The molecule has 0 radical (unpaired) electrons. The average molecular weight is 273 g/mol. The Morgan fingerprint density at radius 1 is 1.35 bits per heavy atom. The highest BCUT2D eigenvalue weighted by molar-refractivity contribution is 6.36. The molecule has 1 heterocycles. The van der Waals surface area contributed by atoms with E-state index < -0.39 is 5.82 Å². The standard InChI is InChI=1S/C11H7Cl2FN2O/c1-17-11-9(13)6(4-7(12)10(11)14)8-2-3-15-5-16-8/h2-5H,1H3. The first-order chi connectivity index (χ1) is 8.15. The zero-order chi connectivity index (χ0) is 12.4. The molecule has 1 aromatic heterocycles. The zero-order valence-electron chi connectivity index (χ0n) is 8.75. The summed E-state index contributed by atoms with van der Waals surface area (Å²) in [5.41, 5.74) is 1.04. The quantitative estimate of drug-likeness (QED) is 0.784. The van der Waals surface area contributed by atoms with Crippen molar-refractivity contribution in [2.24, 2.45) is 0 Å². The fourth-order valence-corrected chi connectivity index (χ4v) is 1.90. The highest BCUT2D eigenvalue weighted by atomic mass is 35.5. The van der Waals surface area contributed by atoms with Crippen LogP contribution in [-0.4, -0.2) is 17.1 Å². The van der Waals surface area contributed by atoms with Gasteiger partial charge in [-0.25, -0.2) is 14.4 Å². The van der Waals surface area contributed by atoms with Gasteiger partial charge in [0.1, 0.15) is 6.33 Å². The number of aromatic nitrogens is 2. The summed E-state index contributed by atoms with van der Waals surface area (Å²) in [6.45, 7) is 0. The first kappa shape index (κ1) is 12.1. The summed E-state index contributed by atoms with van der Waals surface area (Å²) >= 11 is 11.8. The lowest BCUT2D eigenvalue weighted by Crippen LogP contribution is -1.94. The van der Waals surface area contributed by atoms with Crippen LogP contribution >= 0.6 is 23.2 Å². The molecule has 6 heteroatoms. The maximum absolute atomic E-state index is 13.6. The summed E-state index contributed by atoms with van der Waals surface area (Å²) < 4.78 is 18.5. The average Bonchev–Trinajstić information content (AvgIpc) is 2.36. The van der Waals surface area contributed by atoms with Gasteiger partial charge >= 0.3 is 0 Å².